The highest BCUT2D eigenvalue weighted by molar-refractivity contribution is 5.65. The molecule has 0 aliphatic carbocycles. The van der Waals surface area contributed by atoms with Crippen LogP contribution in [0.5, 0.6) is 5.75 Å². The number of ether oxygens (including phenoxy) is 2. The predicted octanol–water partition coefficient (Wildman–Crippen LogP) is 2.61. The highest BCUT2D eigenvalue weighted by Gasteiger charge is 2.28. The van der Waals surface area contributed by atoms with Crippen LogP contribution in [0.15, 0.2) is 48.8 Å². The number of rotatable bonds is 6. The first-order valence-corrected chi connectivity index (χ1v) is 10.7. The minimum absolute atomic E-state index is 0.0210. The van der Waals surface area contributed by atoms with E-state index in [0.717, 1.165) is 0 Å². The molecule has 3 N–H and O–H groups in total. The van der Waals surface area contributed by atoms with Gasteiger partial charge in [0.1, 0.15) is 29.9 Å². The summed E-state index contributed by atoms with van der Waals surface area (Å²) >= 11 is 0. The number of aliphatic hydroxyl groups is 3. The molecule has 0 amide bonds. The Hall–Kier alpha value is -3.29. The zero-order valence-electron chi connectivity index (χ0n) is 18.4. The highest BCUT2D eigenvalue weighted by atomic mass is 19.1. The molecule has 1 saturated heterocycles. The maximum absolute atomic E-state index is 14.7. The van der Waals surface area contributed by atoms with Gasteiger partial charge in [0.25, 0.3) is 0 Å². The predicted molar refractivity (Wildman–Crippen MR) is 119 cm³/mol. The fourth-order valence-electron chi connectivity index (χ4n) is 3.65. The van der Waals surface area contributed by atoms with Crippen LogP contribution in [0.3, 0.4) is 0 Å². The molecule has 0 bridgehead atoms. The Labute approximate surface area is 195 Å². The fraction of sp³-hybridized carbons (Fsp3) is 0.320. The van der Waals surface area contributed by atoms with Crippen molar-refractivity contribution in [2.45, 2.75) is 31.3 Å². The largest absolute Gasteiger partial charge is 0.482 e. The smallest absolute Gasteiger partial charge is 0.165 e. The summed E-state index contributed by atoms with van der Waals surface area (Å²) in [6.45, 7) is 1.52. The number of aromatic nitrogens is 2. The van der Waals surface area contributed by atoms with Gasteiger partial charge in [-0.1, -0.05) is 24.0 Å². The summed E-state index contributed by atoms with van der Waals surface area (Å²) in [5, 5.41) is 29.3. The number of halogens is 2. The Morgan fingerprint density at radius 2 is 1.91 bits per heavy atom. The van der Waals surface area contributed by atoms with Crippen LogP contribution in [0, 0.1) is 23.5 Å². The molecule has 4 atom stereocenters. The van der Waals surface area contributed by atoms with Gasteiger partial charge in [-0.3, -0.25) is 0 Å². The van der Waals surface area contributed by atoms with Crippen molar-refractivity contribution in [3.05, 3.63) is 71.8 Å². The summed E-state index contributed by atoms with van der Waals surface area (Å²) in [6.07, 6.45) is 0.757. The van der Waals surface area contributed by atoms with Gasteiger partial charge >= 0.3 is 0 Å². The number of benzene rings is 2. The zero-order valence-corrected chi connectivity index (χ0v) is 18.4. The molecule has 0 radical (unpaired) electrons. The van der Waals surface area contributed by atoms with E-state index in [0.29, 0.717) is 17.0 Å². The third-order valence-electron chi connectivity index (χ3n) is 5.47. The number of hydrogen-bond acceptors (Lipinski definition) is 6. The third kappa shape index (κ3) is 5.11. The van der Waals surface area contributed by atoms with Crippen LogP contribution in [-0.4, -0.2) is 56.9 Å². The van der Waals surface area contributed by atoms with Crippen molar-refractivity contribution in [1.82, 2.24) is 9.55 Å². The van der Waals surface area contributed by atoms with E-state index >= 15 is 0 Å². The number of imidazole rings is 1. The van der Waals surface area contributed by atoms with Gasteiger partial charge in [0.05, 0.1) is 25.4 Å². The van der Waals surface area contributed by atoms with Gasteiger partial charge in [0, 0.05) is 12.4 Å². The van der Waals surface area contributed by atoms with Crippen LogP contribution >= 0.6 is 0 Å². The molecular formula is C25H24F2N2O5. The SMILES string of the molecule is C[C@H](O)c1nccn1[C@@H](C#Cc1ccc(-c2ccc(OC3COC[C@H]3O)c(F)c2)cc1F)CO. The standard InChI is InChI=1S/C25H24F2N2O5/c1-15(31)25-28-8-9-29(25)19(12-30)6-4-16-2-3-17(10-20(16)26)18-5-7-23(21(27)11-18)34-24-14-33-13-22(24)32/h2-3,5,7-11,15,19,22,24,30-32H,12-14H2,1H3/t15-,19-,22+,24?/m0/s1. The molecule has 9 heteroatoms. The minimum atomic E-state index is -0.851. The second-order valence-electron chi connectivity index (χ2n) is 7.94. The van der Waals surface area contributed by atoms with Crippen LogP contribution in [0.25, 0.3) is 11.1 Å². The first-order valence-electron chi connectivity index (χ1n) is 10.7. The van der Waals surface area contributed by atoms with Crippen molar-refractivity contribution in [2.75, 3.05) is 19.8 Å². The van der Waals surface area contributed by atoms with Crippen LogP contribution in [0.2, 0.25) is 0 Å². The number of nitrogens with zero attached hydrogens (tertiary/aromatic N) is 2. The Morgan fingerprint density at radius 3 is 2.53 bits per heavy atom. The lowest BCUT2D eigenvalue weighted by atomic mass is 10.0. The summed E-state index contributed by atoms with van der Waals surface area (Å²) < 4.78 is 41.4. The molecule has 2 aromatic carbocycles. The first kappa shape index (κ1) is 23.9. The molecule has 1 fully saturated rings. The molecule has 3 aromatic rings. The van der Waals surface area contributed by atoms with E-state index in [1.165, 1.54) is 35.0 Å². The summed E-state index contributed by atoms with van der Waals surface area (Å²) in [5.41, 5.74) is 0.999. The van der Waals surface area contributed by atoms with Gasteiger partial charge in [-0.15, -0.1) is 0 Å². The topological polar surface area (TPSA) is 97.0 Å². The van der Waals surface area contributed by atoms with E-state index in [2.05, 4.69) is 16.8 Å². The molecule has 178 valence electrons. The summed E-state index contributed by atoms with van der Waals surface area (Å²) in [7, 11) is 0. The van der Waals surface area contributed by atoms with Gasteiger partial charge in [0.2, 0.25) is 0 Å². The second kappa shape index (κ2) is 10.3. The lowest BCUT2D eigenvalue weighted by Crippen LogP contribution is -2.30. The normalized spacial score (nSPS) is 19.4. The summed E-state index contributed by atoms with van der Waals surface area (Å²) in [5.74, 6) is 4.60. The highest BCUT2D eigenvalue weighted by Crippen LogP contribution is 2.28. The summed E-state index contributed by atoms with van der Waals surface area (Å²) in [4.78, 5) is 4.05. The van der Waals surface area contributed by atoms with Crippen molar-refractivity contribution in [3.8, 4) is 28.7 Å². The molecule has 34 heavy (non-hydrogen) atoms. The van der Waals surface area contributed by atoms with Crippen molar-refractivity contribution in [2.24, 2.45) is 0 Å². The van der Waals surface area contributed by atoms with Gasteiger partial charge in [-0.25, -0.2) is 13.8 Å². The minimum Gasteiger partial charge on any atom is -0.482 e. The molecule has 1 unspecified atom stereocenters. The monoisotopic (exact) mass is 470 g/mol. The zero-order chi connectivity index (χ0) is 24.2. The Morgan fingerprint density at radius 1 is 1.18 bits per heavy atom. The van der Waals surface area contributed by atoms with Crippen molar-refractivity contribution in [1.29, 1.82) is 0 Å². The van der Waals surface area contributed by atoms with Gasteiger partial charge in [-0.2, -0.15) is 0 Å². The maximum atomic E-state index is 14.7. The Kier molecular flexibility index (Phi) is 7.24. The van der Waals surface area contributed by atoms with Crippen LogP contribution in [0.1, 0.15) is 30.5 Å². The molecule has 7 nitrogen and oxygen atoms in total. The molecule has 2 heterocycles. The van der Waals surface area contributed by atoms with Crippen molar-refractivity contribution >= 4 is 0 Å². The van der Waals surface area contributed by atoms with Gasteiger partial charge in [-0.05, 0) is 42.3 Å². The maximum Gasteiger partial charge on any atom is 0.165 e. The average molecular weight is 470 g/mol. The van der Waals surface area contributed by atoms with Gasteiger partial charge < -0.3 is 29.4 Å². The molecule has 0 spiro atoms. The molecule has 4 rings (SSSR count). The molecular weight excluding hydrogens is 446 g/mol. The van der Waals surface area contributed by atoms with Crippen LogP contribution in [-0.2, 0) is 4.74 Å². The van der Waals surface area contributed by atoms with Gasteiger partial charge in [0.15, 0.2) is 17.7 Å². The van der Waals surface area contributed by atoms with E-state index in [9.17, 15) is 24.1 Å². The number of hydrogen-bond donors (Lipinski definition) is 3. The molecule has 1 aliphatic heterocycles. The third-order valence-corrected chi connectivity index (χ3v) is 5.47. The van der Waals surface area contributed by atoms with Crippen molar-refractivity contribution in [3.63, 3.8) is 0 Å². The van der Waals surface area contributed by atoms with E-state index in [1.807, 2.05) is 0 Å². The van der Waals surface area contributed by atoms with E-state index in [-0.39, 0.29) is 31.1 Å². The first-order chi connectivity index (χ1) is 16.4. The van der Waals surface area contributed by atoms with E-state index in [1.54, 1.807) is 25.3 Å². The average Bonchev–Trinajstić information content (AvgIpc) is 3.46. The fourth-order valence-corrected chi connectivity index (χ4v) is 3.65. The molecule has 1 aliphatic rings. The second-order valence-corrected chi connectivity index (χ2v) is 7.94. The quantitative estimate of drug-likeness (QED) is 0.480. The lowest BCUT2D eigenvalue weighted by molar-refractivity contribution is 0.0708. The lowest BCUT2D eigenvalue weighted by Gasteiger charge is -2.16. The molecule has 1 aromatic heterocycles. The summed E-state index contributed by atoms with van der Waals surface area (Å²) in [6, 6.07) is 7.89. The Balaban J connectivity index is 1.52. The van der Waals surface area contributed by atoms with E-state index < -0.39 is 36.0 Å². The van der Waals surface area contributed by atoms with Crippen LogP contribution < -0.4 is 4.74 Å². The Bertz CT molecular complexity index is 1220. The number of aliphatic hydroxyl groups excluding tert-OH is 3. The molecule has 0 saturated carbocycles. The van der Waals surface area contributed by atoms with E-state index in [4.69, 9.17) is 9.47 Å². The van der Waals surface area contributed by atoms with Crippen molar-refractivity contribution < 1.29 is 33.6 Å². The van der Waals surface area contributed by atoms with Crippen LogP contribution in [0.4, 0.5) is 8.78 Å².